The van der Waals surface area contributed by atoms with Crippen molar-refractivity contribution in [3.63, 3.8) is 0 Å². The standard InChI is InChI=1S/C21H23N5O2S/c1-21(2,3)26-20-16(9-22)11-23-18-12-25-19(8-17(18)20)24-10-14-4-6-15(7-5-14)13-29(27)28/h4-8,11-12H,10,13H2,1-3H3,(H,23,26)(H,24,25)(H,27,28). The molecule has 0 aliphatic heterocycles. The lowest BCUT2D eigenvalue weighted by molar-refractivity contribution is 0.563. The van der Waals surface area contributed by atoms with Crippen LogP contribution in [0.2, 0.25) is 0 Å². The van der Waals surface area contributed by atoms with Gasteiger partial charge in [-0.25, -0.2) is 9.19 Å². The van der Waals surface area contributed by atoms with Crippen LogP contribution in [0.25, 0.3) is 10.9 Å². The second-order valence-electron chi connectivity index (χ2n) is 7.76. The van der Waals surface area contributed by atoms with E-state index < -0.39 is 11.1 Å². The number of nitrogens with one attached hydrogen (secondary N) is 2. The Balaban J connectivity index is 1.84. The Bertz CT molecular complexity index is 1090. The van der Waals surface area contributed by atoms with Crippen molar-refractivity contribution in [2.45, 2.75) is 38.6 Å². The highest BCUT2D eigenvalue weighted by Crippen LogP contribution is 2.29. The molecule has 0 aliphatic carbocycles. The van der Waals surface area contributed by atoms with E-state index in [1.807, 2.05) is 51.1 Å². The highest BCUT2D eigenvalue weighted by Gasteiger charge is 2.16. The molecule has 2 heterocycles. The Hall–Kier alpha value is -3.02. The maximum Gasteiger partial charge on any atom is 0.157 e. The first-order valence-electron chi connectivity index (χ1n) is 9.11. The molecule has 8 heteroatoms. The molecule has 0 fully saturated rings. The van der Waals surface area contributed by atoms with Gasteiger partial charge in [0.2, 0.25) is 0 Å². The van der Waals surface area contributed by atoms with Gasteiger partial charge < -0.3 is 15.2 Å². The fraction of sp³-hybridized carbons (Fsp3) is 0.286. The summed E-state index contributed by atoms with van der Waals surface area (Å²) in [5.41, 5.74) is 3.57. The van der Waals surface area contributed by atoms with Crippen molar-refractivity contribution in [2.24, 2.45) is 0 Å². The number of rotatable bonds is 6. The monoisotopic (exact) mass is 409 g/mol. The van der Waals surface area contributed by atoms with Crippen LogP contribution in [-0.2, 0) is 23.4 Å². The van der Waals surface area contributed by atoms with Gasteiger partial charge in [0.25, 0.3) is 0 Å². The molecular formula is C21H23N5O2S. The van der Waals surface area contributed by atoms with Crippen molar-refractivity contribution in [1.82, 2.24) is 9.97 Å². The van der Waals surface area contributed by atoms with Crippen LogP contribution in [0.15, 0.2) is 42.7 Å². The third-order valence-corrected chi connectivity index (χ3v) is 4.74. The quantitative estimate of drug-likeness (QED) is 0.527. The van der Waals surface area contributed by atoms with E-state index in [0.717, 1.165) is 22.2 Å². The van der Waals surface area contributed by atoms with E-state index in [0.29, 0.717) is 23.4 Å². The van der Waals surface area contributed by atoms with Crippen LogP contribution in [0.1, 0.15) is 37.5 Å². The Morgan fingerprint density at radius 1 is 1.14 bits per heavy atom. The maximum absolute atomic E-state index is 10.9. The Kier molecular flexibility index (Phi) is 6.11. The first-order valence-corrected chi connectivity index (χ1v) is 10.4. The summed E-state index contributed by atoms with van der Waals surface area (Å²) in [6.07, 6.45) is 3.25. The number of nitriles is 1. The summed E-state index contributed by atoms with van der Waals surface area (Å²) in [5, 5.41) is 17.0. The van der Waals surface area contributed by atoms with E-state index in [1.165, 1.54) is 0 Å². The molecule has 3 rings (SSSR count). The number of anilines is 2. The highest BCUT2D eigenvalue weighted by molar-refractivity contribution is 7.78. The van der Waals surface area contributed by atoms with E-state index in [-0.39, 0.29) is 11.3 Å². The first-order chi connectivity index (χ1) is 13.7. The highest BCUT2D eigenvalue weighted by atomic mass is 32.2. The Morgan fingerprint density at radius 2 is 1.83 bits per heavy atom. The fourth-order valence-corrected chi connectivity index (χ4v) is 3.35. The molecule has 0 saturated heterocycles. The van der Waals surface area contributed by atoms with Crippen molar-refractivity contribution >= 4 is 33.5 Å². The van der Waals surface area contributed by atoms with Gasteiger partial charge in [-0.1, -0.05) is 24.3 Å². The lowest BCUT2D eigenvalue weighted by Gasteiger charge is -2.24. The van der Waals surface area contributed by atoms with Gasteiger partial charge in [-0.2, -0.15) is 5.26 Å². The summed E-state index contributed by atoms with van der Waals surface area (Å²) < 4.78 is 19.9. The SMILES string of the molecule is CC(C)(C)Nc1c(C#N)cnc2cnc(NCc3ccc(CS(=O)O)cc3)cc12. The van der Waals surface area contributed by atoms with Gasteiger partial charge in [-0.15, -0.1) is 0 Å². The van der Waals surface area contributed by atoms with Crippen LogP contribution >= 0.6 is 0 Å². The van der Waals surface area contributed by atoms with Gasteiger partial charge in [0.15, 0.2) is 11.1 Å². The number of aromatic nitrogens is 2. The summed E-state index contributed by atoms with van der Waals surface area (Å²) in [4.78, 5) is 8.75. The van der Waals surface area contributed by atoms with Crippen LogP contribution in [-0.4, -0.2) is 24.3 Å². The molecule has 0 saturated carbocycles. The zero-order valence-corrected chi connectivity index (χ0v) is 17.4. The lowest BCUT2D eigenvalue weighted by Crippen LogP contribution is -2.26. The summed E-state index contributed by atoms with van der Waals surface area (Å²) in [6.45, 7) is 6.67. The van der Waals surface area contributed by atoms with Gasteiger partial charge in [0, 0.05) is 23.7 Å². The molecule has 1 atom stereocenters. The van der Waals surface area contributed by atoms with Crippen molar-refractivity contribution in [3.05, 3.63) is 59.4 Å². The van der Waals surface area contributed by atoms with Crippen molar-refractivity contribution in [2.75, 3.05) is 10.6 Å². The Labute approximate surface area is 172 Å². The van der Waals surface area contributed by atoms with Crippen LogP contribution in [0, 0.1) is 11.3 Å². The molecule has 150 valence electrons. The van der Waals surface area contributed by atoms with Crippen LogP contribution in [0.4, 0.5) is 11.5 Å². The number of benzene rings is 1. The molecule has 3 N–H and O–H groups in total. The Morgan fingerprint density at radius 3 is 2.45 bits per heavy atom. The van der Waals surface area contributed by atoms with Gasteiger partial charge in [-0.05, 0) is 38.0 Å². The van der Waals surface area contributed by atoms with Crippen LogP contribution in [0.3, 0.4) is 0 Å². The second-order valence-corrected chi connectivity index (χ2v) is 8.69. The average Bonchev–Trinajstić information content (AvgIpc) is 2.66. The lowest BCUT2D eigenvalue weighted by atomic mass is 10.1. The summed E-state index contributed by atoms with van der Waals surface area (Å²) in [6, 6.07) is 11.6. The molecule has 29 heavy (non-hydrogen) atoms. The predicted octanol–water partition coefficient (Wildman–Crippen LogP) is 4.05. The molecule has 0 amide bonds. The van der Waals surface area contributed by atoms with Crippen LogP contribution < -0.4 is 10.6 Å². The predicted molar refractivity (Wildman–Crippen MR) is 116 cm³/mol. The maximum atomic E-state index is 10.9. The first kappa shape index (κ1) is 20.7. The molecule has 0 aliphatic rings. The number of nitrogens with zero attached hydrogens (tertiary/aromatic N) is 3. The van der Waals surface area contributed by atoms with E-state index in [2.05, 4.69) is 26.7 Å². The molecule has 3 aromatic rings. The summed E-state index contributed by atoms with van der Waals surface area (Å²) >= 11 is -1.84. The minimum absolute atomic E-state index is 0.123. The van der Waals surface area contributed by atoms with Crippen LogP contribution in [0.5, 0.6) is 0 Å². The minimum Gasteiger partial charge on any atom is -0.379 e. The molecule has 1 unspecified atom stereocenters. The summed E-state index contributed by atoms with van der Waals surface area (Å²) in [5.74, 6) is 0.796. The number of hydrogen-bond donors (Lipinski definition) is 3. The van der Waals surface area contributed by atoms with E-state index in [9.17, 15) is 9.47 Å². The van der Waals surface area contributed by atoms with Gasteiger partial charge in [-0.3, -0.25) is 4.98 Å². The van der Waals surface area contributed by atoms with Gasteiger partial charge in [0.1, 0.15) is 11.9 Å². The van der Waals surface area contributed by atoms with Gasteiger partial charge in [0.05, 0.1) is 28.7 Å². The fourth-order valence-electron chi connectivity index (χ4n) is 2.87. The largest absolute Gasteiger partial charge is 0.379 e. The molecule has 2 aromatic heterocycles. The summed E-state index contributed by atoms with van der Waals surface area (Å²) in [7, 11) is 0. The minimum atomic E-state index is -1.84. The topological polar surface area (TPSA) is 111 Å². The normalized spacial score (nSPS) is 12.4. The second kappa shape index (κ2) is 8.55. The van der Waals surface area contributed by atoms with E-state index >= 15 is 0 Å². The van der Waals surface area contributed by atoms with E-state index in [1.54, 1.807) is 12.4 Å². The molecule has 7 nitrogen and oxygen atoms in total. The molecule has 0 spiro atoms. The average molecular weight is 410 g/mol. The zero-order chi connectivity index (χ0) is 21.0. The number of pyridine rings is 2. The third kappa shape index (κ3) is 5.50. The molecule has 0 bridgehead atoms. The number of fused-ring (bicyclic) bond motifs is 1. The van der Waals surface area contributed by atoms with E-state index in [4.69, 9.17) is 4.55 Å². The van der Waals surface area contributed by atoms with Crippen molar-refractivity contribution < 1.29 is 8.76 Å². The van der Waals surface area contributed by atoms with Gasteiger partial charge >= 0.3 is 0 Å². The number of hydrogen-bond acceptors (Lipinski definition) is 6. The molecule has 0 radical (unpaired) electrons. The van der Waals surface area contributed by atoms with Crippen molar-refractivity contribution in [1.29, 1.82) is 5.26 Å². The molecule has 1 aromatic carbocycles. The van der Waals surface area contributed by atoms with Crippen molar-refractivity contribution in [3.8, 4) is 6.07 Å². The molecular weight excluding hydrogens is 386 g/mol. The third-order valence-electron chi connectivity index (χ3n) is 4.16. The zero-order valence-electron chi connectivity index (χ0n) is 16.6. The smallest absolute Gasteiger partial charge is 0.157 e.